The summed E-state index contributed by atoms with van der Waals surface area (Å²) in [5, 5.41) is 13.5. The number of imide groups is 1. The first kappa shape index (κ1) is 41.6. The molecule has 0 spiro atoms. The summed E-state index contributed by atoms with van der Waals surface area (Å²) in [5.74, 6) is -0.541. The highest BCUT2D eigenvalue weighted by molar-refractivity contribution is 6.08. The number of fused-ring (bicyclic) bond motifs is 2. The minimum atomic E-state index is -2.91. The van der Waals surface area contributed by atoms with Crippen LogP contribution in [0.3, 0.4) is 0 Å². The van der Waals surface area contributed by atoms with Crippen LogP contribution in [-0.2, 0) is 21.4 Å². The number of carbonyl (C=O) groups excluding carboxylic acids is 3. The zero-order chi connectivity index (χ0) is 43.4. The molecule has 62 heavy (non-hydrogen) atoms. The average molecular weight is 861 g/mol. The van der Waals surface area contributed by atoms with E-state index < -0.39 is 36.1 Å². The fourth-order valence-electron chi connectivity index (χ4n) is 9.91. The fraction of sp³-hybridized carbons (Fsp3) is 0.548. The lowest BCUT2D eigenvalue weighted by molar-refractivity contribution is -0.135. The van der Waals surface area contributed by atoms with E-state index in [1.54, 1.807) is 30.1 Å². The summed E-state index contributed by atoms with van der Waals surface area (Å²) in [6.07, 6.45) is 4.43. The Morgan fingerprint density at radius 2 is 1.85 bits per heavy atom. The van der Waals surface area contributed by atoms with Crippen LogP contribution in [-0.4, -0.2) is 121 Å². The molecule has 4 aliphatic rings. The molecule has 4 fully saturated rings. The number of rotatable bonds is 10. The van der Waals surface area contributed by atoms with Gasteiger partial charge in [-0.1, -0.05) is 6.07 Å². The molecule has 330 valence electrons. The molecule has 3 amide bonds. The minimum Gasteiger partial charge on any atom is -0.375 e. The maximum atomic E-state index is 16.1. The summed E-state index contributed by atoms with van der Waals surface area (Å²) < 4.78 is 56.4. The number of para-hydroxylation sites is 1. The Bertz CT molecular complexity index is 2560. The maximum absolute atomic E-state index is 16.1. The number of alkyl halides is 3. The lowest BCUT2D eigenvalue weighted by Crippen LogP contribution is -2.52. The van der Waals surface area contributed by atoms with Crippen LogP contribution in [0, 0.1) is 5.92 Å². The van der Waals surface area contributed by atoms with Crippen LogP contribution in [0.25, 0.3) is 16.7 Å². The number of amides is 3. The van der Waals surface area contributed by atoms with Crippen molar-refractivity contribution in [3.63, 3.8) is 0 Å². The van der Waals surface area contributed by atoms with Gasteiger partial charge in [-0.3, -0.25) is 33.5 Å². The van der Waals surface area contributed by atoms with Gasteiger partial charge in [0.1, 0.15) is 23.6 Å². The van der Waals surface area contributed by atoms with Gasteiger partial charge in [0, 0.05) is 58.1 Å². The van der Waals surface area contributed by atoms with Crippen molar-refractivity contribution in [2.24, 2.45) is 13.0 Å². The lowest BCUT2D eigenvalue weighted by atomic mass is 9.85. The van der Waals surface area contributed by atoms with Gasteiger partial charge in [0.2, 0.25) is 11.8 Å². The number of aromatic nitrogens is 7. The first-order valence-electron chi connectivity index (χ1n) is 21.4. The molecular formula is C42H51F3N12O5. The van der Waals surface area contributed by atoms with E-state index in [9.17, 15) is 28.0 Å². The molecule has 1 unspecified atom stereocenters. The number of anilines is 3. The topological polar surface area (TPSA) is 169 Å². The number of imidazole rings is 1. The second kappa shape index (κ2) is 16.8. The number of benzene rings is 1. The Kier molecular flexibility index (Phi) is 11.3. The second-order valence-corrected chi connectivity index (χ2v) is 17.2. The predicted molar refractivity (Wildman–Crippen MR) is 223 cm³/mol. The Hall–Kier alpha value is -5.76. The van der Waals surface area contributed by atoms with E-state index in [4.69, 9.17) is 4.74 Å². The SMILES string of the molecule is C[C@H]1CN(c2ccn3ncc(C(=O)Nc4cn(C5CCC(CN(C)[C@H]6CCN(c7cccc8c7n(C)c(=O)n8C7CCC(=O)NC7=O)C[C@H]6F)CC5)nc4C(F)F)c3n2)CCO1. The van der Waals surface area contributed by atoms with Crippen molar-refractivity contribution >= 4 is 51.6 Å². The van der Waals surface area contributed by atoms with Crippen molar-refractivity contribution in [1.82, 2.24) is 43.7 Å². The zero-order valence-electron chi connectivity index (χ0n) is 34.9. The van der Waals surface area contributed by atoms with Crippen molar-refractivity contribution in [2.75, 3.05) is 61.5 Å². The molecule has 2 N–H and O–H groups in total. The Balaban J connectivity index is 0.814. The molecular weight excluding hydrogens is 810 g/mol. The summed E-state index contributed by atoms with van der Waals surface area (Å²) in [4.78, 5) is 62.3. The van der Waals surface area contributed by atoms with Gasteiger partial charge in [0.25, 0.3) is 12.3 Å². The largest absolute Gasteiger partial charge is 0.375 e. The van der Waals surface area contributed by atoms with Crippen LogP contribution < -0.4 is 26.1 Å². The third-order valence-electron chi connectivity index (χ3n) is 13.1. The third-order valence-corrected chi connectivity index (χ3v) is 13.1. The van der Waals surface area contributed by atoms with Gasteiger partial charge in [0.15, 0.2) is 11.3 Å². The van der Waals surface area contributed by atoms with Crippen LogP contribution in [0.15, 0.2) is 47.7 Å². The standard InChI is InChI=1S/C42H51F3N12O5/c1-24-20-54(17-18-62-24)34-14-16-55-39(48-34)27(19-46-55)40(59)47-29-23-56(50-36(29)38(44)45)26-9-7-25(8-10-26)21-51(2)30-13-15-53(22-28(30)43)31-5-4-6-32-37(31)52(3)42(61)57(32)33-11-12-35(58)49-41(33)60/h4-6,14,16,19,23-26,28,30,33,38H,7-13,15,17-18,20-22H2,1-3H3,(H,47,59)(H,49,58,60)/t24-,25?,26?,28+,30-,33?/m0/s1. The van der Waals surface area contributed by atoms with Crippen molar-refractivity contribution in [2.45, 2.75) is 88.7 Å². The number of nitrogens with zero attached hydrogens (tertiary/aromatic N) is 10. The summed E-state index contributed by atoms with van der Waals surface area (Å²) in [5.41, 5.74) is 1.41. The van der Waals surface area contributed by atoms with Gasteiger partial charge in [-0.25, -0.2) is 27.5 Å². The van der Waals surface area contributed by atoms with Crippen LogP contribution >= 0.6 is 0 Å². The van der Waals surface area contributed by atoms with Gasteiger partial charge >= 0.3 is 5.69 Å². The smallest absolute Gasteiger partial charge is 0.329 e. The van der Waals surface area contributed by atoms with Crippen molar-refractivity contribution < 1.29 is 32.3 Å². The van der Waals surface area contributed by atoms with E-state index in [0.717, 1.165) is 12.8 Å². The number of morpholine rings is 1. The molecule has 7 heterocycles. The van der Waals surface area contributed by atoms with Crippen LogP contribution in [0.4, 0.5) is 30.4 Å². The highest BCUT2D eigenvalue weighted by Crippen LogP contribution is 2.37. The Morgan fingerprint density at radius 1 is 1.05 bits per heavy atom. The molecule has 1 aromatic carbocycles. The quantitative estimate of drug-likeness (QED) is 0.193. The molecule has 1 saturated carbocycles. The normalized spacial score (nSPS) is 25.0. The summed E-state index contributed by atoms with van der Waals surface area (Å²) in [6.45, 7) is 5.20. The molecule has 1 aliphatic carbocycles. The summed E-state index contributed by atoms with van der Waals surface area (Å²) in [7, 11) is 3.59. The molecule has 0 radical (unpaired) electrons. The number of nitrogens with one attached hydrogen (secondary N) is 2. The number of ether oxygens (including phenoxy) is 1. The monoisotopic (exact) mass is 860 g/mol. The van der Waals surface area contributed by atoms with Crippen LogP contribution in [0.2, 0.25) is 0 Å². The van der Waals surface area contributed by atoms with E-state index in [1.165, 1.54) is 26.0 Å². The first-order chi connectivity index (χ1) is 29.8. The van der Waals surface area contributed by atoms with E-state index in [-0.39, 0.29) is 66.3 Å². The third kappa shape index (κ3) is 7.82. The van der Waals surface area contributed by atoms with Gasteiger partial charge in [-0.05, 0) is 76.6 Å². The predicted octanol–water partition coefficient (Wildman–Crippen LogP) is 4.25. The molecule has 3 saturated heterocycles. The molecule has 0 bridgehead atoms. The Labute approximate surface area is 354 Å². The highest BCUT2D eigenvalue weighted by Gasteiger charge is 2.37. The maximum Gasteiger partial charge on any atom is 0.329 e. The van der Waals surface area contributed by atoms with E-state index in [2.05, 4.69) is 35.6 Å². The average Bonchev–Trinajstić information content (AvgIpc) is 3.95. The van der Waals surface area contributed by atoms with E-state index in [0.29, 0.717) is 80.2 Å². The molecule has 17 nitrogen and oxygen atoms in total. The number of aryl methyl sites for hydroxylation is 1. The van der Waals surface area contributed by atoms with Crippen LogP contribution in [0.1, 0.15) is 86.4 Å². The number of hydrogen-bond acceptors (Lipinski definition) is 11. The van der Waals surface area contributed by atoms with Crippen molar-refractivity contribution in [3.05, 3.63) is 64.6 Å². The second-order valence-electron chi connectivity index (χ2n) is 17.2. The Morgan fingerprint density at radius 3 is 2.60 bits per heavy atom. The minimum absolute atomic E-state index is 0.0284. The van der Waals surface area contributed by atoms with Crippen molar-refractivity contribution in [1.29, 1.82) is 0 Å². The van der Waals surface area contributed by atoms with Gasteiger partial charge < -0.3 is 24.8 Å². The number of carbonyl (C=O) groups is 3. The van der Waals surface area contributed by atoms with E-state index >= 15 is 4.39 Å². The molecule has 3 aliphatic heterocycles. The number of piperidine rings is 2. The zero-order valence-corrected chi connectivity index (χ0v) is 34.9. The molecule has 4 aromatic heterocycles. The molecule has 9 rings (SSSR count). The van der Waals surface area contributed by atoms with Gasteiger partial charge in [-0.15, -0.1) is 0 Å². The number of halogens is 3. The van der Waals surface area contributed by atoms with E-state index in [1.807, 2.05) is 31.0 Å². The lowest BCUT2D eigenvalue weighted by Gasteiger charge is -2.42. The van der Waals surface area contributed by atoms with Crippen LogP contribution in [0.5, 0.6) is 0 Å². The molecule has 5 aromatic rings. The van der Waals surface area contributed by atoms with Gasteiger partial charge in [0.05, 0.1) is 53.9 Å². The first-order valence-corrected chi connectivity index (χ1v) is 21.4. The fourth-order valence-corrected chi connectivity index (χ4v) is 9.91. The molecule has 4 atom stereocenters. The van der Waals surface area contributed by atoms with Gasteiger partial charge in [-0.2, -0.15) is 10.2 Å². The summed E-state index contributed by atoms with van der Waals surface area (Å²) >= 11 is 0. The summed E-state index contributed by atoms with van der Waals surface area (Å²) in [6, 6.07) is 6.00. The number of hydrogen-bond donors (Lipinski definition) is 2. The van der Waals surface area contributed by atoms with Crippen molar-refractivity contribution in [3.8, 4) is 0 Å². The highest BCUT2D eigenvalue weighted by atomic mass is 19.3. The molecule has 20 heteroatoms.